The number of benzene rings is 1. The van der Waals surface area contributed by atoms with Gasteiger partial charge in [0.1, 0.15) is 0 Å². The normalized spacial score (nSPS) is 11.2. The maximum absolute atomic E-state index is 12.6. The lowest BCUT2D eigenvalue weighted by atomic mass is 10.2. The van der Waals surface area contributed by atoms with E-state index in [0.717, 1.165) is 36.5 Å². The first kappa shape index (κ1) is 14.0. The summed E-state index contributed by atoms with van der Waals surface area (Å²) < 4.78 is 49.6. The summed E-state index contributed by atoms with van der Waals surface area (Å²) >= 11 is 0. The number of alkyl halides is 3. The molecule has 0 aliphatic heterocycles. The highest BCUT2D eigenvalue weighted by molar-refractivity contribution is 6.03. The van der Waals surface area contributed by atoms with Crippen LogP contribution in [0.4, 0.5) is 23.2 Å². The minimum Gasteiger partial charge on any atom is -0.322 e. The van der Waals surface area contributed by atoms with Gasteiger partial charge < -0.3 is 5.32 Å². The van der Waals surface area contributed by atoms with Gasteiger partial charge in [-0.25, -0.2) is 4.98 Å². The summed E-state index contributed by atoms with van der Waals surface area (Å²) in [5.41, 5.74) is -0.502. The monoisotopic (exact) mass is 284 g/mol. The van der Waals surface area contributed by atoms with Gasteiger partial charge in [-0.15, -0.1) is 0 Å². The average Bonchev–Trinajstić information content (AvgIpc) is 2.39. The quantitative estimate of drug-likeness (QED) is 0.677. The zero-order valence-corrected chi connectivity index (χ0v) is 9.91. The molecule has 2 aromatic rings. The number of hydrogen-bond acceptors (Lipinski definition) is 2. The van der Waals surface area contributed by atoms with Crippen molar-refractivity contribution in [3.63, 3.8) is 0 Å². The number of halogens is 4. The van der Waals surface area contributed by atoms with Gasteiger partial charge >= 0.3 is 6.18 Å². The Bertz CT molecular complexity index is 606. The Balaban J connectivity index is 2.10. The fraction of sp³-hybridized carbons (Fsp3) is 0.0769. The molecule has 20 heavy (non-hydrogen) atoms. The largest absolute Gasteiger partial charge is 0.416 e. The van der Waals surface area contributed by atoms with Crippen molar-refractivity contribution in [2.45, 2.75) is 6.18 Å². The van der Waals surface area contributed by atoms with Gasteiger partial charge in [0.2, 0.25) is 5.95 Å². The number of nitrogens with zero attached hydrogens (tertiary/aromatic N) is 1. The standard InChI is InChI=1S/C13H8F4N2O/c14-11-6-1-8(7-18-11)12(20)19-10-4-2-9(3-5-10)13(15,16)17/h1-7H,(H,19,20). The van der Waals surface area contributed by atoms with Gasteiger partial charge in [0.15, 0.2) is 0 Å². The van der Waals surface area contributed by atoms with Crippen LogP contribution in [0.5, 0.6) is 0 Å². The summed E-state index contributed by atoms with van der Waals surface area (Å²) in [6, 6.07) is 6.23. The summed E-state index contributed by atoms with van der Waals surface area (Å²) in [7, 11) is 0. The van der Waals surface area contributed by atoms with Gasteiger partial charge in [-0.3, -0.25) is 4.79 Å². The molecule has 0 unspecified atom stereocenters. The second-order valence-electron chi connectivity index (χ2n) is 3.90. The number of hydrogen-bond donors (Lipinski definition) is 1. The molecule has 0 spiro atoms. The molecule has 0 bridgehead atoms. The van der Waals surface area contributed by atoms with Crippen molar-refractivity contribution >= 4 is 11.6 Å². The molecule has 7 heteroatoms. The zero-order chi connectivity index (χ0) is 14.8. The van der Waals surface area contributed by atoms with Crippen LogP contribution in [0.1, 0.15) is 15.9 Å². The van der Waals surface area contributed by atoms with Crippen molar-refractivity contribution in [2.75, 3.05) is 5.32 Å². The van der Waals surface area contributed by atoms with E-state index in [1.54, 1.807) is 0 Å². The van der Waals surface area contributed by atoms with E-state index in [9.17, 15) is 22.4 Å². The van der Waals surface area contributed by atoms with Crippen LogP contribution in [-0.2, 0) is 6.18 Å². The molecule has 1 aromatic carbocycles. The Kier molecular flexibility index (Phi) is 3.69. The van der Waals surface area contributed by atoms with E-state index in [1.807, 2.05) is 0 Å². The first-order valence-electron chi connectivity index (χ1n) is 5.46. The number of pyridine rings is 1. The molecule has 1 amide bonds. The van der Waals surface area contributed by atoms with E-state index >= 15 is 0 Å². The van der Waals surface area contributed by atoms with E-state index in [0.29, 0.717) is 0 Å². The van der Waals surface area contributed by atoms with Crippen LogP contribution in [0.25, 0.3) is 0 Å². The van der Waals surface area contributed by atoms with Gasteiger partial charge in [-0.05, 0) is 36.4 Å². The predicted octanol–water partition coefficient (Wildman–Crippen LogP) is 3.49. The van der Waals surface area contributed by atoms with Crippen molar-refractivity contribution in [1.29, 1.82) is 0 Å². The lowest BCUT2D eigenvalue weighted by Gasteiger charge is -2.08. The molecule has 0 aliphatic rings. The third-order valence-corrected chi connectivity index (χ3v) is 2.46. The minimum atomic E-state index is -4.43. The van der Waals surface area contributed by atoms with Crippen molar-refractivity contribution in [1.82, 2.24) is 4.98 Å². The molecule has 1 N–H and O–H groups in total. The maximum Gasteiger partial charge on any atom is 0.416 e. The SMILES string of the molecule is O=C(Nc1ccc(C(F)(F)F)cc1)c1ccc(F)nc1. The van der Waals surface area contributed by atoms with Crippen molar-refractivity contribution < 1.29 is 22.4 Å². The van der Waals surface area contributed by atoms with Crippen molar-refractivity contribution in [2.24, 2.45) is 0 Å². The third-order valence-electron chi connectivity index (χ3n) is 2.46. The number of anilines is 1. The van der Waals surface area contributed by atoms with Crippen LogP contribution < -0.4 is 5.32 Å². The highest BCUT2D eigenvalue weighted by atomic mass is 19.4. The molecule has 1 aromatic heterocycles. The molecule has 0 fully saturated rings. The van der Waals surface area contributed by atoms with Gasteiger partial charge in [0.25, 0.3) is 5.91 Å². The van der Waals surface area contributed by atoms with Crippen LogP contribution in [0.2, 0.25) is 0 Å². The molecular formula is C13H8F4N2O. The first-order chi connectivity index (χ1) is 9.36. The number of carbonyl (C=O) groups excluding carboxylic acids is 1. The van der Waals surface area contributed by atoms with Crippen LogP contribution in [0.3, 0.4) is 0 Å². The number of amides is 1. The number of carbonyl (C=O) groups is 1. The van der Waals surface area contributed by atoms with E-state index in [4.69, 9.17) is 0 Å². The van der Waals surface area contributed by atoms with Crippen LogP contribution in [0, 0.1) is 5.95 Å². The molecule has 0 radical (unpaired) electrons. The molecule has 0 atom stereocenters. The summed E-state index contributed by atoms with van der Waals surface area (Å²) in [5, 5.41) is 2.39. The van der Waals surface area contributed by atoms with Gasteiger partial charge in [-0.1, -0.05) is 0 Å². The Morgan fingerprint density at radius 3 is 2.20 bits per heavy atom. The van der Waals surface area contributed by atoms with Crippen LogP contribution in [0.15, 0.2) is 42.6 Å². The van der Waals surface area contributed by atoms with Gasteiger partial charge in [0.05, 0.1) is 11.1 Å². The lowest BCUT2D eigenvalue weighted by Crippen LogP contribution is -2.12. The molecular weight excluding hydrogens is 276 g/mol. The highest BCUT2D eigenvalue weighted by Crippen LogP contribution is 2.29. The number of rotatable bonds is 2. The third kappa shape index (κ3) is 3.31. The Labute approximate surface area is 111 Å². The smallest absolute Gasteiger partial charge is 0.322 e. The van der Waals surface area contributed by atoms with Gasteiger partial charge in [-0.2, -0.15) is 17.6 Å². The lowest BCUT2D eigenvalue weighted by molar-refractivity contribution is -0.137. The van der Waals surface area contributed by atoms with E-state index in [2.05, 4.69) is 10.3 Å². The highest BCUT2D eigenvalue weighted by Gasteiger charge is 2.29. The zero-order valence-electron chi connectivity index (χ0n) is 9.91. The summed E-state index contributed by atoms with van der Waals surface area (Å²) in [5.74, 6) is -1.31. The summed E-state index contributed by atoms with van der Waals surface area (Å²) in [6.45, 7) is 0. The number of aromatic nitrogens is 1. The van der Waals surface area contributed by atoms with E-state index < -0.39 is 23.6 Å². The maximum atomic E-state index is 12.6. The summed E-state index contributed by atoms with van der Waals surface area (Å²) in [6.07, 6.45) is -3.39. The summed E-state index contributed by atoms with van der Waals surface area (Å²) in [4.78, 5) is 15.0. The molecule has 1 heterocycles. The average molecular weight is 284 g/mol. The fourth-order valence-electron chi connectivity index (χ4n) is 1.46. The molecule has 0 aliphatic carbocycles. The van der Waals surface area contributed by atoms with Gasteiger partial charge in [0, 0.05) is 11.9 Å². The topological polar surface area (TPSA) is 42.0 Å². The first-order valence-corrected chi connectivity index (χ1v) is 5.46. The Hall–Kier alpha value is -2.44. The second kappa shape index (κ2) is 5.28. The Morgan fingerprint density at radius 2 is 1.70 bits per heavy atom. The fourth-order valence-corrected chi connectivity index (χ4v) is 1.46. The Morgan fingerprint density at radius 1 is 1.05 bits per heavy atom. The second-order valence-corrected chi connectivity index (χ2v) is 3.90. The molecule has 2 rings (SSSR count). The van der Waals surface area contributed by atoms with Crippen molar-refractivity contribution in [3.8, 4) is 0 Å². The predicted molar refractivity (Wildman–Crippen MR) is 63.6 cm³/mol. The van der Waals surface area contributed by atoms with Crippen molar-refractivity contribution in [3.05, 3.63) is 59.7 Å². The van der Waals surface area contributed by atoms with E-state index in [1.165, 1.54) is 6.07 Å². The number of nitrogens with one attached hydrogen (secondary N) is 1. The molecule has 0 saturated carbocycles. The molecule has 3 nitrogen and oxygen atoms in total. The van der Waals surface area contributed by atoms with Crippen LogP contribution >= 0.6 is 0 Å². The van der Waals surface area contributed by atoms with Crippen LogP contribution in [-0.4, -0.2) is 10.9 Å². The van der Waals surface area contributed by atoms with E-state index in [-0.39, 0.29) is 11.3 Å². The molecule has 0 saturated heterocycles. The minimum absolute atomic E-state index is 0.103. The molecule has 104 valence electrons.